The zero-order valence-electron chi connectivity index (χ0n) is 20.8. The van der Waals surface area contributed by atoms with Crippen molar-refractivity contribution in [1.29, 1.82) is 0 Å². The van der Waals surface area contributed by atoms with E-state index in [0.29, 0.717) is 35.8 Å². The first-order valence-electron chi connectivity index (χ1n) is 12.0. The molecule has 0 unspecified atom stereocenters. The number of nitrogens with one attached hydrogen (secondary N) is 1. The van der Waals surface area contributed by atoms with Gasteiger partial charge in [0, 0.05) is 19.3 Å². The Labute approximate surface area is 210 Å². The molecule has 0 spiro atoms. The van der Waals surface area contributed by atoms with Crippen molar-refractivity contribution in [3.8, 4) is 0 Å². The first-order valence-corrected chi connectivity index (χ1v) is 12.0. The summed E-state index contributed by atoms with van der Waals surface area (Å²) in [6, 6.07) is 23.7. The maximum absolute atomic E-state index is 14.0. The molecule has 0 saturated carbocycles. The Morgan fingerprint density at radius 3 is 2.33 bits per heavy atom. The zero-order valence-corrected chi connectivity index (χ0v) is 20.8. The average Bonchev–Trinajstić information content (AvgIpc) is 3.30. The molecular formula is C28H31N5O3. The maximum Gasteiger partial charge on any atom is 0.249 e. The summed E-state index contributed by atoms with van der Waals surface area (Å²) in [7, 11) is 1.58. The number of methoxy groups -OCH3 is 1. The minimum atomic E-state index is -0.879. The molecule has 8 nitrogen and oxygen atoms in total. The van der Waals surface area contributed by atoms with E-state index in [4.69, 9.17) is 4.74 Å². The summed E-state index contributed by atoms with van der Waals surface area (Å²) in [4.78, 5) is 29.0. The molecule has 0 saturated heterocycles. The van der Waals surface area contributed by atoms with Crippen LogP contribution < -0.4 is 10.2 Å². The molecule has 3 aromatic carbocycles. The summed E-state index contributed by atoms with van der Waals surface area (Å²) in [5.41, 5.74) is 3.94. The number of hydrogen-bond acceptors (Lipinski definition) is 5. The molecule has 2 amide bonds. The molecule has 1 atom stereocenters. The van der Waals surface area contributed by atoms with E-state index in [1.165, 1.54) is 0 Å². The Kier molecular flexibility index (Phi) is 8.07. The van der Waals surface area contributed by atoms with Crippen LogP contribution in [0, 0.1) is 0 Å². The molecular weight excluding hydrogens is 454 g/mol. The first-order chi connectivity index (χ1) is 17.5. The highest BCUT2D eigenvalue weighted by molar-refractivity contribution is 6.01. The average molecular weight is 486 g/mol. The summed E-state index contributed by atoms with van der Waals surface area (Å²) in [5.74, 6) is -0.228. The van der Waals surface area contributed by atoms with Gasteiger partial charge in [-0.2, -0.15) is 0 Å². The summed E-state index contributed by atoms with van der Waals surface area (Å²) in [6.45, 7) is 4.87. The van der Waals surface area contributed by atoms with E-state index in [9.17, 15) is 9.59 Å². The number of hydrogen-bond donors (Lipinski definition) is 1. The van der Waals surface area contributed by atoms with Gasteiger partial charge in [-0.25, -0.2) is 4.68 Å². The van der Waals surface area contributed by atoms with Crippen LogP contribution in [0.3, 0.4) is 0 Å². The monoisotopic (exact) mass is 485 g/mol. The number of benzene rings is 3. The van der Waals surface area contributed by atoms with E-state index in [1.807, 2.05) is 78.9 Å². The molecule has 1 aromatic heterocycles. The molecule has 4 aromatic rings. The molecule has 4 rings (SSSR count). The number of anilines is 1. The highest BCUT2D eigenvalue weighted by atomic mass is 16.5. The van der Waals surface area contributed by atoms with E-state index in [1.54, 1.807) is 16.7 Å². The van der Waals surface area contributed by atoms with Crippen molar-refractivity contribution in [3.05, 3.63) is 90.0 Å². The second-order valence-electron chi connectivity index (χ2n) is 8.84. The summed E-state index contributed by atoms with van der Waals surface area (Å²) >= 11 is 0. The van der Waals surface area contributed by atoms with Crippen LogP contribution in [-0.2, 0) is 20.9 Å². The minimum Gasteiger partial charge on any atom is -0.383 e. The van der Waals surface area contributed by atoms with Crippen molar-refractivity contribution in [2.75, 3.05) is 25.2 Å². The second-order valence-corrected chi connectivity index (χ2v) is 8.84. The fraction of sp³-hybridized carbons (Fsp3) is 0.286. The lowest BCUT2D eigenvalue weighted by Gasteiger charge is -2.32. The van der Waals surface area contributed by atoms with Crippen LogP contribution in [-0.4, -0.2) is 47.1 Å². The van der Waals surface area contributed by atoms with Gasteiger partial charge >= 0.3 is 0 Å². The molecule has 0 aliphatic heterocycles. The Morgan fingerprint density at radius 1 is 0.944 bits per heavy atom. The lowest BCUT2D eigenvalue weighted by atomic mass is 10.0. The Balaban J connectivity index is 1.76. The lowest BCUT2D eigenvalue weighted by molar-refractivity contribution is -0.127. The van der Waals surface area contributed by atoms with E-state index in [0.717, 1.165) is 11.1 Å². The molecule has 1 N–H and O–H groups in total. The van der Waals surface area contributed by atoms with Crippen LogP contribution in [0.25, 0.3) is 11.0 Å². The third-order valence-electron chi connectivity index (χ3n) is 6.04. The number of ether oxygens (including phenoxy) is 1. The third-order valence-corrected chi connectivity index (χ3v) is 6.04. The first kappa shape index (κ1) is 25.1. The summed E-state index contributed by atoms with van der Waals surface area (Å²) in [5, 5.41) is 11.3. The summed E-state index contributed by atoms with van der Waals surface area (Å²) < 4.78 is 6.67. The third kappa shape index (κ3) is 5.60. The second kappa shape index (κ2) is 11.6. The quantitative estimate of drug-likeness (QED) is 0.342. The van der Waals surface area contributed by atoms with Crippen molar-refractivity contribution in [2.45, 2.75) is 32.4 Å². The van der Waals surface area contributed by atoms with Gasteiger partial charge in [-0.05, 0) is 41.3 Å². The fourth-order valence-electron chi connectivity index (χ4n) is 4.12. The van der Waals surface area contributed by atoms with Crippen molar-refractivity contribution in [3.63, 3.8) is 0 Å². The Bertz CT molecular complexity index is 1300. The number of aromatic nitrogens is 3. The van der Waals surface area contributed by atoms with Crippen LogP contribution in [0.5, 0.6) is 0 Å². The van der Waals surface area contributed by atoms with Gasteiger partial charge in [0.05, 0.1) is 12.1 Å². The van der Waals surface area contributed by atoms with Gasteiger partial charge < -0.3 is 10.1 Å². The van der Waals surface area contributed by atoms with Crippen molar-refractivity contribution >= 4 is 28.5 Å². The largest absolute Gasteiger partial charge is 0.383 e. The normalized spacial score (nSPS) is 12.0. The smallest absolute Gasteiger partial charge is 0.249 e. The minimum absolute atomic E-state index is 0.0683. The highest BCUT2D eigenvalue weighted by Crippen LogP contribution is 2.30. The number of fused-ring (bicyclic) bond motifs is 1. The van der Waals surface area contributed by atoms with Gasteiger partial charge in [-0.3, -0.25) is 14.5 Å². The molecule has 0 bridgehead atoms. The predicted octanol–water partition coefficient (Wildman–Crippen LogP) is 4.09. The standard InChI is InChI=1S/C28H31N5O3/c1-20(2)21-13-15-23(16-14-21)33(26(34)19-32-25-12-8-7-11-24(25)30-31-32)27(22-9-5-4-6-10-22)28(35)29-17-18-36-3/h4-16,20,27H,17-19H2,1-3H3,(H,29,35)/t27-/m1/s1. The SMILES string of the molecule is COCCNC(=O)[C@@H](c1ccccc1)N(C(=O)Cn1nnc2ccccc21)c1ccc(C(C)C)cc1. The van der Waals surface area contributed by atoms with Gasteiger partial charge in [0.2, 0.25) is 11.8 Å². The van der Waals surface area contributed by atoms with Gasteiger partial charge in [0.15, 0.2) is 0 Å². The van der Waals surface area contributed by atoms with Gasteiger partial charge in [-0.1, -0.05) is 73.7 Å². The van der Waals surface area contributed by atoms with Crippen molar-refractivity contribution in [1.82, 2.24) is 20.3 Å². The zero-order chi connectivity index (χ0) is 25.5. The van der Waals surface area contributed by atoms with Crippen molar-refractivity contribution < 1.29 is 14.3 Å². The van der Waals surface area contributed by atoms with Gasteiger partial charge in [0.1, 0.15) is 18.1 Å². The van der Waals surface area contributed by atoms with E-state index < -0.39 is 6.04 Å². The number of rotatable bonds is 10. The van der Waals surface area contributed by atoms with Gasteiger partial charge in [0.25, 0.3) is 0 Å². The van der Waals surface area contributed by atoms with Crippen LogP contribution in [0.15, 0.2) is 78.9 Å². The summed E-state index contributed by atoms with van der Waals surface area (Å²) in [6.07, 6.45) is 0. The molecule has 0 aliphatic rings. The molecule has 0 aliphatic carbocycles. The highest BCUT2D eigenvalue weighted by Gasteiger charge is 2.33. The van der Waals surface area contributed by atoms with Crippen LogP contribution in [0.4, 0.5) is 5.69 Å². The predicted molar refractivity (Wildman–Crippen MR) is 140 cm³/mol. The van der Waals surface area contributed by atoms with E-state index in [2.05, 4.69) is 29.5 Å². The molecule has 36 heavy (non-hydrogen) atoms. The number of carbonyl (C=O) groups is 2. The van der Waals surface area contributed by atoms with Crippen LogP contribution >= 0.6 is 0 Å². The Hall–Kier alpha value is -4.04. The molecule has 1 heterocycles. The van der Waals surface area contributed by atoms with E-state index in [-0.39, 0.29) is 18.4 Å². The number of para-hydroxylation sites is 1. The molecule has 0 fully saturated rings. The Morgan fingerprint density at radius 2 is 1.64 bits per heavy atom. The van der Waals surface area contributed by atoms with Gasteiger partial charge in [-0.15, -0.1) is 5.10 Å². The van der Waals surface area contributed by atoms with Crippen molar-refractivity contribution in [2.24, 2.45) is 0 Å². The molecule has 0 radical (unpaired) electrons. The van der Waals surface area contributed by atoms with Crippen LogP contribution in [0.1, 0.15) is 36.9 Å². The molecule has 186 valence electrons. The topological polar surface area (TPSA) is 89.4 Å². The molecule has 8 heteroatoms. The van der Waals surface area contributed by atoms with Crippen LogP contribution in [0.2, 0.25) is 0 Å². The number of amides is 2. The maximum atomic E-state index is 14.0. The number of nitrogens with zero attached hydrogens (tertiary/aromatic N) is 4. The lowest BCUT2D eigenvalue weighted by Crippen LogP contribution is -2.46. The van der Waals surface area contributed by atoms with E-state index >= 15 is 0 Å². The fourth-order valence-corrected chi connectivity index (χ4v) is 4.12. The number of carbonyl (C=O) groups excluding carboxylic acids is 2.